The summed E-state index contributed by atoms with van der Waals surface area (Å²) in [6.07, 6.45) is 2.96. The van der Waals surface area contributed by atoms with Gasteiger partial charge in [-0.2, -0.15) is 23.5 Å². The molecule has 546 valence electrons. The Bertz CT molecular complexity index is 2570. The summed E-state index contributed by atoms with van der Waals surface area (Å²) in [5.74, 6) is -8.67. The molecule has 1 rings (SSSR count). The average molecular weight is 1380 g/mol. The second-order valence-electron chi connectivity index (χ2n) is 28.5. The van der Waals surface area contributed by atoms with Crippen molar-refractivity contribution in [2.75, 3.05) is 79.0 Å². The average Bonchev–Trinajstić information content (AvgIpc) is 0.814. The van der Waals surface area contributed by atoms with Crippen LogP contribution < -0.4 is 21.3 Å². The summed E-state index contributed by atoms with van der Waals surface area (Å²) < 4.78 is 0. The molecule has 0 aliphatic carbocycles. The molecule has 0 aromatic carbocycles. The molecule has 1 saturated heterocycles. The molecule has 1 fully saturated rings. The van der Waals surface area contributed by atoms with Crippen molar-refractivity contribution in [3.63, 3.8) is 0 Å². The third-order valence-corrected chi connectivity index (χ3v) is 19.6. The fourth-order valence-electron chi connectivity index (χ4n) is 11.6. The first kappa shape index (κ1) is 87.5. The summed E-state index contributed by atoms with van der Waals surface area (Å²) in [7, 11) is 9.81. The topological polar surface area (TPSA) is 319 Å². The second kappa shape index (κ2) is 41.0. The first-order chi connectivity index (χ1) is 44.0. The smallest absolute Gasteiger partial charge is 0.246 e. The second-order valence-corrected chi connectivity index (χ2v) is 30.8. The zero-order valence-corrected chi connectivity index (χ0v) is 63.4. The lowest BCUT2D eigenvalue weighted by atomic mass is 9.91. The van der Waals surface area contributed by atoms with Gasteiger partial charge in [0.1, 0.15) is 66.5 Å². The summed E-state index contributed by atoms with van der Waals surface area (Å²) in [5, 5.41) is 44.1. The van der Waals surface area contributed by atoms with Crippen LogP contribution >= 0.6 is 23.5 Å². The van der Waals surface area contributed by atoms with Gasteiger partial charge in [-0.05, 0) is 120 Å². The zero-order chi connectivity index (χ0) is 73.4. The summed E-state index contributed by atoms with van der Waals surface area (Å²) in [4.78, 5) is 172. The predicted octanol–water partition coefficient (Wildman–Crippen LogP) is 3.60. The summed E-state index contributed by atoms with van der Waals surface area (Å²) in [6.45, 7) is 28.9. The number of likely N-dealkylation sites (N-methyl/N-ethyl adjacent to an activating group) is 7. The van der Waals surface area contributed by atoms with Crippen LogP contribution in [0.5, 0.6) is 0 Å². The number of carbonyl (C=O) groups is 11. The minimum absolute atomic E-state index is 0.00329. The van der Waals surface area contributed by atoms with E-state index in [4.69, 9.17) is 0 Å². The van der Waals surface area contributed by atoms with E-state index in [0.717, 1.165) is 9.80 Å². The van der Waals surface area contributed by atoms with Crippen molar-refractivity contribution in [2.24, 2.45) is 35.5 Å². The summed E-state index contributed by atoms with van der Waals surface area (Å²) >= 11 is 2.91. The summed E-state index contributed by atoms with van der Waals surface area (Å²) in [5.41, 5.74) is -1.60. The van der Waals surface area contributed by atoms with E-state index in [2.05, 4.69) is 21.3 Å². The first-order valence-corrected chi connectivity index (χ1v) is 36.1. The number of aliphatic hydroxyl groups is 3. The fraction of sp³-hybridized carbons (Fsp3) is 0.809. The molecule has 11 amide bonds. The summed E-state index contributed by atoms with van der Waals surface area (Å²) in [6, 6.07) is -14.5. The number of thioether (sulfide) groups is 2. The molecule has 1 aliphatic rings. The van der Waals surface area contributed by atoms with Crippen LogP contribution in [0.4, 0.5) is 0 Å². The number of carbonyl (C=O) groups excluding carboxylic acids is 11. The molecule has 0 saturated carbocycles. The SMILES string of the molecule is C/C=C/C[C@@H](C)[C@@H](O)[C@H]1C(=O)N[C@@H](CC)C(=O)N(C)[C@H](CSCCCSCCO)C(=O)N(C)[C@@H](CC(C)(C)O)C(=O)N[C@@H](C(C)C)C(=O)N(C)[C@@H](CC(C)C)C(=O)N[C@@H](C)C(=O)N[C@H](C)C(=O)N(C)[C@@H](CC(C)C)C(=O)N(C)[C@@H](CC(C)C)C(=O)N(C)[C@@H](C(C)C)C(=O)N1C. The van der Waals surface area contributed by atoms with E-state index in [9.17, 15) is 39.3 Å². The van der Waals surface area contributed by atoms with Crippen molar-refractivity contribution in [3.05, 3.63) is 12.2 Å². The van der Waals surface area contributed by atoms with Crippen molar-refractivity contribution in [1.82, 2.24) is 55.6 Å². The quantitative estimate of drug-likeness (QED) is 0.0568. The molecule has 0 bridgehead atoms. The largest absolute Gasteiger partial charge is 0.396 e. The van der Waals surface area contributed by atoms with Crippen molar-refractivity contribution in [2.45, 2.75) is 241 Å². The van der Waals surface area contributed by atoms with Crippen LogP contribution in [-0.2, 0) is 52.7 Å². The Balaban J connectivity index is 4.56. The Hall–Kier alpha value is -5.51. The van der Waals surface area contributed by atoms with Crippen LogP contribution in [-0.4, -0.2) is 272 Å². The maximum atomic E-state index is 15.4. The standard InChI is InChI=1S/C68H123N11O14S2/c1-25-27-29-44(13)56(81)55-60(85)71-47(26-2)62(87)77(22)52(38-95-32-28-31-94-33-30-80)65(90)76(21)51(37-68(16,17)93)59(84)72-53(42(9)10)66(91)73(18)48(34-39(3)4)58(83)69-45(14)57(82)70-46(15)61(86)74(19)49(35-40(5)6)63(88)75(20)50(36-41(7)8)64(89)78(23)54(43(11)12)67(92)79(55)24/h25,27,39-56,80-81,93H,26,28-38H2,1-24H3,(H,69,83)(H,70,82)(H,71,85)(H,72,84)/b27-25+/t44-,45+,46-,47+,48+,49+,50+,51+,52-,53+,54+,55+,56-/m1/s1. The van der Waals surface area contributed by atoms with Crippen molar-refractivity contribution >= 4 is 88.5 Å². The van der Waals surface area contributed by atoms with E-state index in [1.54, 1.807) is 72.4 Å². The van der Waals surface area contributed by atoms with Gasteiger partial charge in [0.2, 0.25) is 65.0 Å². The minimum atomic E-state index is -1.67. The van der Waals surface area contributed by atoms with Gasteiger partial charge in [-0.3, -0.25) is 52.7 Å². The van der Waals surface area contributed by atoms with Crippen LogP contribution in [0.3, 0.4) is 0 Å². The van der Waals surface area contributed by atoms with Crippen molar-refractivity contribution in [1.29, 1.82) is 0 Å². The van der Waals surface area contributed by atoms with Gasteiger partial charge in [0.15, 0.2) is 0 Å². The van der Waals surface area contributed by atoms with Gasteiger partial charge >= 0.3 is 0 Å². The molecular formula is C68H123N11O14S2. The molecule has 27 heteroatoms. The van der Waals surface area contributed by atoms with Gasteiger partial charge in [0.05, 0.1) is 18.3 Å². The van der Waals surface area contributed by atoms with Crippen LogP contribution in [0.1, 0.15) is 163 Å². The van der Waals surface area contributed by atoms with Crippen LogP contribution in [0.15, 0.2) is 12.2 Å². The number of allylic oxidation sites excluding steroid dienone is 2. The molecule has 7 N–H and O–H groups in total. The van der Waals surface area contributed by atoms with E-state index in [-0.39, 0.29) is 68.6 Å². The Labute approximate surface area is 576 Å². The van der Waals surface area contributed by atoms with Crippen LogP contribution in [0.2, 0.25) is 0 Å². The van der Waals surface area contributed by atoms with Gasteiger partial charge in [0.25, 0.3) is 0 Å². The number of rotatable bonds is 23. The number of aliphatic hydroxyl groups excluding tert-OH is 2. The van der Waals surface area contributed by atoms with Gasteiger partial charge in [-0.1, -0.05) is 95.2 Å². The van der Waals surface area contributed by atoms with E-state index in [1.807, 2.05) is 41.5 Å². The third kappa shape index (κ3) is 26.4. The zero-order valence-electron chi connectivity index (χ0n) is 61.8. The molecule has 95 heavy (non-hydrogen) atoms. The molecule has 0 spiro atoms. The molecular weight excluding hydrogens is 1260 g/mol. The number of nitrogens with zero attached hydrogens (tertiary/aromatic N) is 7. The Kier molecular flexibility index (Phi) is 37.8. The first-order valence-electron chi connectivity index (χ1n) is 33.8. The van der Waals surface area contributed by atoms with Crippen molar-refractivity contribution in [3.8, 4) is 0 Å². The molecule has 0 radical (unpaired) electrons. The maximum Gasteiger partial charge on any atom is 0.246 e. The lowest BCUT2D eigenvalue weighted by molar-refractivity contribution is -0.157. The van der Waals surface area contributed by atoms with E-state index < -0.39 is 161 Å². The molecule has 13 atom stereocenters. The highest BCUT2D eigenvalue weighted by Crippen LogP contribution is 2.27. The molecule has 0 aromatic rings. The van der Waals surface area contributed by atoms with Gasteiger partial charge in [-0.15, -0.1) is 0 Å². The Morgan fingerprint density at radius 2 is 0.937 bits per heavy atom. The highest BCUT2D eigenvalue weighted by molar-refractivity contribution is 8.00. The molecule has 0 aromatic heterocycles. The van der Waals surface area contributed by atoms with Crippen LogP contribution in [0.25, 0.3) is 0 Å². The van der Waals surface area contributed by atoms with E-state index in [1.165, 1.54) is 113 Å². The number of amides is 11. The van der Waals surface area contributed by atoms with Gasteiger partial charge < -0.3 is 70.9 Å². The maximum absolute atomic E-state index is 15.4. The lowest BCUT2D eigenvalue weighted by Gasteiger charge is -2.41. The number of hydrogen-bond acceptors (Lipinski definition) is 16. The lowest BCUT2D eigenvalue weighted by Crippen LogP contribution is -2.64. The van der Waals surface area contributed by atoms with Crippen LogP contribution in [0, 0.1) is 35.5 Å². The number of hydrogen-bond donors (Lipinski definition) is 7. The Morgan fingerprint density at radius 3 is 1.42 bits per heavy atom. The minimum Gasteiger partial charge on any atom is -0.396 e. The van der Waals surface area contributed by atoms with Gasteiger partial charge in [0, 0.05) is 67.3 Å². The highest BCUT2D eigenvalue weighted by atomic mass is 32.2. The predicted molar refractivity (Wildman–Crippen MR) is 375 cm³/mol. The Morgan fingerprint density at radius 1 is 0.495 bits per heavy atom. The number of nitrogens with one attached hydrogen (secondary N) is 4. The monoisotopic (exact) mass is 1380 g/mol. The highest BCUT2D eigenvalue weighted by Gasteiger charge is 2.47. The fourth-order valence-corrected chi connectivity index (χ4v) is 13.6. The normalized spacial score (nSPS) is 26.3. The van der Waals surface area contributed by atoms with Gasteiger partial charge in [-0.25, -0.2) is 0 Å². The van der Waals surface area contributed by atoms with E-state index >= 15 is 28.8 Å². The van der Waals surface area contributed by atoms with Crippen molar-refractivity contribution < 1.29 is 68.1 Å². The molecule has 1 heterocycles. The molecule has 0 unspecified atom stereocenters. The molecule has 25 nitrogen and oxygen atoms in total. The molecule has 1 aliphatic heterocycles. The third-order valence-electron chi connectivity index (χ3n) is 17.5. The van der Waals surface area contributed by atoms with E-state index in [0.29, 0.717) is 23.7 Å².